The van der Waals surface area contributed by atoms with Crippen molar-refractivity contribution < 1.29 is 4.79 Å². The lowest BCUT2D eigenvalue weighted by molar-refractivity contribution is -0.118. The van der Waals surface area contributed by atoms with E-state index in [1.807, 2.05) is 67.5 Å². The predicted molar refractivity (Wildman–Crippen MR) is 122 cm³/mol. The van der Waals surface area contributed by atoms with Crippen LogP contribution in [0.2, 0.25) is 5.02 Å². The van der Waals surface area contributed by atoms with Gasteiger partial charge in [-0.05, 0) is 62.7 Å². The van der Waals surface area contributed by atoms with Gasteiger partial charge < -0.3 is 4.90 Å². The Hall–Kier alpha value is -1.60. The number of para-hydroxylation sites is 1. The lowest BCUT2D eigenvalue weighted by Crippen LogP contribution is -2.36. The van der Waals surface area contributed by atoms with Gasteiger partial charge in [-0.3, -0.25) is 9.69 Å². The van der Waals surface area contributed by atoms with Crippen LogP contribution in [-0.4, -0.2) is 48.7 Å². The molecule has 1 heterocycles. The lowest BCUT2D eigenvalue weighted by Gasteiger charge is -2.22. The molecule has 3 aromatic rings. The number of hydrogen-bond donors (Lipinski definition) is 0. The molecule has 148 valence electrons. The lowest BCUT2D eigenvalue weighted by atomic mass is 10.3. The van der Waals surface area contributed by atoms with E-state index in [1.165, 1.54) is 4.90 Å². The number of anilines is 1. The monoisotopic (exact) mass is 433 g/mol. The quantitative estimate of drug-likeness (QED) is 0.333. The van der Waals surface area contributed by atoms with Gasteiger partial charge in [0.1, 0.15) is 0 Å². The highest BCUT2D eigenvalue weighted by Gasteiger charge is 2.19. The standard InChI is InChI=1S/C21H24ClN3OS2/c1-24(2)13-14-25(21-23-18-6-3-4-7-19(18)28-21)20(26)8-5-15-27-17-11-9-16(22)10-12-17/h3-4,6-7,9-12H,5,8,13-15H2,1-2H3. The van der Waals surface area contributed by atoms with Crippen molar-refractivity contribution in [2.45, 2.75) is 17.7 Å². The molecule has 0 fully saturated rings. The van der Waals surface area contributed by atoms with Gasteiger partial charge in [-0.15, -0.1) is 11.8 Å². The van der Waals surface area contributed by atoms with Crippen molar-refractivity contribution >= 4 is 56.0 Å². The van der Waals surface area contributed by atoms with Crippen LogP contribution in [0.1, 0.15) is 12.8 Å². The van der Waals surface area contributed by atoms with Crippen LogP contribution < -0.4 is 4.90 Å². The van der Waals surface area contributed by atoms with E-state index in [0.717, 1.165) is 39.1 Å². The Balaban J connectivity index is 1.60. The molecular formula is C21H24ClN3OS2. The summed E-state index contributed by atoms with van der Waals surface area (Å²) in [5.74, 6) is 1.03. The molecule has 1 aromatic heterocycles. The van der Waals surface area contributed by atoms with Crippen LogP contribution in [0.25, 0.3) is 10.2 Å². The van der Waals surface area contributed by atoms with Gasteiger partial charge in [-0.1, -0.05) is 35.1 Å². The Morgan fingerprint density at radius 3 is 2.57 bits per heavy atom. The number of likely N-dealkylation sites (N-methyl/N-ethyl adjacent to an activating group) is 1. The third kappa shape index (κ3) is 5.95. The molecular weight excluding hydrogens is 410 g/mol. The van der Waals surface area contributed by atoms with Crippen LogP contribution in [0.4, 0.5) is 5.13 Å². The number of thiazole rings is 1. The van der Waals surface area contributed by atoms with E-state index in [1.54, 1.807) is 23.1 Å². The molecule has 3 rings (SSSR count). The summed E-state index contributed by atoms with van der Waals surface area (Å²) < 4.78 is 1.11. The number of amides is 1. The summed E-state index contributed by atoms with van der Waals surface area (Å²) in [6, 6.07) is 15.8. The molecule has 28 heavy (non-hydrogen) atoms. The van der Waals surface area contributed by atoms with Crippen LogP contribution in [0.5, 0.6) is 0 Å². The van der Waals surface area contributed by atoms with E-state index >= 15 is 0 Å². The number of rotatable bonds is 9. The van der Waals surface area contributed by atoms with Crippen molar-refractivity contribution in [1.29, 1.82) is 0 Å². The van der Waals surface area contributed by atoms with Gasteiger partial charge in [0.15, 0.2) is 5.13 Å². The average molecular weight is 434 g/mol. The van der Waals surface area contributed by atoms with Crippen molar-refractivity contribution in [3.05, 3.63) is 53.6 Å². The summed E-state index contributed by atoms with van der Waals surface area (Å²) in [7, 11) is 4.04. The number of halogens is 1. The Morgan fingerprint density at radius 1 is 1.11 bits per heavy atom. The molecule has 0 radical (unpaired) electrons. The summed E-state index contributed by atoms with van der Waals surface area (Å²) in [6.45, 7) is 1.46. The molecule has 0 aliphatic carbocycles. The van der Waals surface area contributed by atoms with E-state index in [4.69, 9.17) is 11.6 Å². The molecule has 0 N–H and O–H groups in total. The highest BCUT2D eigenvalue weighted by Crippen LogP contribution is 2.29. The maximum Gasteiger partial charge on any atom is 0.228 e. The zero-order valence-electron chi connectivity index (χ0n) is 16.1. The number of nitrogens with zero attached hydrogens (tertiary/aromatic N) is 3. The van der Waals surface area contributed by atoms with Gasteiger partial charge in [-0.2, -0.15) is 0 Å². The van der Waals surface area contributed by atoms with Gasteiger partial charge >= 0.3 is 0 Å². The Bertz CT molecular complexity index is 878. The van der Waals surface area contributed by atoms with E-state index in [9.17, 15) is 4.79 Å². The minimum atomic E-state index is 0.137. The van der Waals surface area contributed by atoms with Crippen LogP contribution >= 0.6 is 34.7 Å². The highest BCUT2D eigenvalue weighted by atomic mass is 35.5. The van der Waals surface area contributed by atoms with Crippen LogP contribution in [-0.2, 0) is 4.79 Å². The van der Waals surface area contributed by atoms with Crippen molar-refractivity contribution in [2.75, 3.05) is 37.8 Å². The summed E-state index contributed by atoms with van der Waals surface area (Å²) in [6.07, 6.45) is 1.35. The van der Waals surface area contributed by atoms with Crippen molar-refractivity contribution in [3.8, 4) is 0 Å². The fourth-order valence-electron chi connectivity index (χ4n) is 2.68. The molecule has 0 saturated heterocycles. The second-order valence-corrected chi connectivity index (χ2v) is 9.33. The number of aromatic nitrogens is 1. The van der Waals surface area contributed by atoms with Gasteiger partial charge in [0, 0.05) is 29.4 Å². The maximum atomic E-state index is 12.9. The van der Waals surface area contributed by atoms with Crippen molar-refractivity contribution in [3.63, 3.8) is 0 Å². The number of benzene rings is 2. The summed E-state index contributed by atoms with van der Waals surface area (Å²) >= 11 is 9.25. The highest BCUT2D eigenvalue weighted by molar-refractivity contribution is 7.99. The summed E-state index contributed by atoms with van der Waals surface area (Å²) in [5, 5.41) is 1.53. The Labute approximate surface area is 179 Å². The van der Waals surface area contributed by atoms with Gasteiger partial charge in [0.05, 0.1) is 10.2 Å². The molecule has 2 aromatic carbocycles. The largest absolute Gasteiger partial charge is 0.308 e. The normalized spacial score (nSPS) is 11.3. The van der Waals surface area contributed by atoms with Crippen molar-refractivity contribution in [2.24, 2.45) is 0 Å². The first-order chi connectivity index (χ1) is 13.5. The smallest absolute Gasteiger partial charge is 0.228 e. The van der Waals surface area contributed by atoms with E-state index in [-0.39, 0.29) is 5.91 Å². The number of fused-ring (bicyclic) bond motifs is 1. The first-order valence-electron chi connectivity index (χ1n) is 9.22. The molecule has 0 saturated carbocycles. The zero-order chi connectivity index (χ0) is 19.9. The Morgan fingerprint density at radius 2 is 1.86 bits per heavy atom. The molecule has 0 aliphatic heterocycles. The molecule has 0 unspecified atom stereocenters. The van der Waals surface area contributed by atoms with Gasteiger partial charge in [0.25, 0.3) is 0 Å². The number of carbonyl (C=O) groups excluding carboxylic acids is 1. The van der Waals surface area contributed by atoms with Gasteiger partial charge in [0.2, 0.25) is 5.91 Å². The molecule has 7 heteroatoms. The average Bonchev–Trinajstić information content (AvgIpc) is 3.10. The third-order valence-electron chi connectivity index (χ3n) is 4.20. The topological polar surface area (TPSA) is 36.4 Å². The van der Waals surface area contributed by atoms with E-state index < -0.39 is 0 Å². The molecule has 1 amide bonds. The first kappa shape index (κ1) is 21.1. The zero-order valence-corrected chi connectivity index (χ0v) is 18.5. The minimum Gasteiger partial charge on any atom is -0.308 e. The first-order valence-corrected chi connectivity index (χ1v) is 11.4. The van der Waals surface area contributed by atoms with Crippen molar-refractivity contribution in [1.82, 2.24) is 9.88 Å². The predicted octanol–water partition coefficient (Wildman–Crippen LogP) is 5.42. The van der Waals surface area contributed by atoms with Crippen LogP contribution in [0, 0.1) is 0 Å². The molecule has 4 nitrogen and oxygen atoms in total. The number of thioether (sulfide) groups is 1. The number of hydrogen-bond acceptors (Lipinski definition) is 5. The molecule has 0 bridgehead atoms. The summed E-state index contributed by atoms with van der Waals surface area (Å²) in [5.41, 5.74) is 0.948. The van der Waals surface area contributed by atoms with E-state index in [0.29, 0.717) is 13.0 Å². The molecule has 0 aliphatic rings. The Kier molecular flexibility index (Phi) is 7.73. The maximum absolute atomic E-state index is 12.9. The second-order valence-electron chi connectivity index (χ2n) is 6.72. The molecule has 0 atom stereocenters. The van der Waals surface area contributed by atoms with Crippen LogP contribution in [0.15, 0.2) is 53.4 Å². The fraction of sp³-hybridized carbons (Fsp3) is 0.333. The van der Waals surface area contributed by atoms with E-state index in [2.05, 4.69) is 9.88 Å². The molecule has 0 spiro atoms. The third-order valence-corrected chi connectivity index (χ3v) is 6.61. The summed E-state index contributed by atoms with van der Waals surface area (Å²) in [4.78, 5) is 22.7. The fourth-order valence-corrected chi connectivity index (χ4v) is 4.67. The number of carbonyl (C=O) groups is 1. The SMILES string of the molecule is CN(C)CCN(C(=O)CCCSc1ccc(Cl)cc1)c1nc2ccccc2s1. The van der Waals surface area contributed by atoms with Gasteiger partial charge in [-0.25, -0.2) is 4.98 Å². The van der Waals surface area contributed by atoms with Crippen LogP contribution in [0.3, 0.4) is 0 Å². The second kappa shape index (κ2) is 10.3. The minimum absolute atomic E-state index is 0.137.